The number of carbonyl (C=O) groups excluding carboxylic acids is 1. The first-order valence-electron chi connectivity index (χ1n) is 7.31. The van der Waals surface area contributed by atoms with Gasteiger partial charge in [0.05, 0.1) is 6.61 Å². The standard InChI is InChI=1S/C14H19N3O2/c1-3-19-14(18)13-16-15-7(2)17(13)12-10-8-4-5-9(6-8)11(10)12/h8-12H,3-6H2,1-2H3. The van der Waals surface area contributed by atoms with Gasteiger partial charge in [0.1, 0.15) is 5.82 Å². The van der Waals surface area contributed by atoms with Gasteiger partial charge in [0.25, 0.3) is 0 Å². The Labute approximate surface area is 112 Å². The smallest absolute Gasteiger partial charge is 0.376 e. The largest absolute Gasteiger partial charge is 0.460 e. The molecule has 0 aliphatic heterocycles. The molecule has 1 aromatic heterocycles. The van der Waals surface area contributed by atoms with Gasteiger partial charge >= 0.3 is 5.97 Å². The number of fused-ring (bicyclic) bond motifs is 5. The van der Waals surface area contributed by atoms with Crippen LogP contribution in [0.4, 0.5) is 0 Å². The highest BCUT2D eigenvalue weighted by Gasteiger charge is 2.66. The lowest BCUT2D eigenvalue weighted by Gasteiger charge is -2.13. The third-order valence-corrected chi connectivity index (χ3v) is 5.32. The molecule has 0 saturated heterocycles. The van der Waals surface area contributed by atoms with Gasteiger partial charge < -0.3 is 9.30 Å². The maximum Gasteiger partial charge on any atom is 0.376 e. The monoisotopic (exact) mass is 261 g/mol. The van der Waals surface area contributed by atoms with E-state index in [9.17, 15) is 4.79 Å². The molecule has 1 aromatic rings. The van der Waals surface area contributed by atoms with Crippen molar-refractivity contribution < 1.29 is 9.53 Å². The van der Waals surface area contributed by atoms with Crippen molar-refractivity contribution in [1.29, 1.82) is 0 Å². The van der Waals surface area contributed by atoms with Crippen molar-refractivity contribution in [2.24, 2.45) is 23.7 Å². The summed E-state index contributed by atoms with van der Waals surface area (Å²) >= 11 is 0. The van der Waals surface area contributed by atoms with Crippen LogP contribution in [0.5, 0.6) is 0 Å². The summed E-state index contributed by atoms with van der Waals surface area (Å²) in [4.78, 5) is 12.0. The molecule has 3 aliphatic carbocycles. The summed E-state index contributed by atoms with van der Waals surface area (Å²) in [6, 6.07) is 0.459. The Hall–Kier alpha value is -1.39. The second-order valence-corrected chi connectivity index (χ2v) is 6.14. The predicted molar refractivity (Wildman–Crippen MR) is 67.6 cm³/mol. The van der Waals surface area contributed by atoms with Gasteiger partial charge in [0, 0.05) is 6.04 Å². The minimum atomic E-state index is -0.333. The van der Waals surface area contributed by atoms with Crippen molar-refractivity contribution in [3.63, 3.8) is 0 Å². The molecule has 19 heavy (non-hydrogen) atoms. The van der Waals surface area contributed by atoms with E-state index in [1.807, 2.05) is 13.8 Å². The third kappa shape index (κ3) is 1.44. The van der Waals surface area contributed by atoms with E-state index in [0.29, 0.717) is 18.5 Å². The number of nitrogens with zero attached hydrogens (tertiary/aromatic N) is 3. The number of carbonyl (C=O) groups is 1. The van der Waals surface area contributed by atoms with Gasteiger partial charge in [-0.05, 0) is 56.8 Å². The topological polar surface area (TPSA) is 57.0 Å². The Bertz CT molecular complexity index is 523. The molecule has 4 unspecified atom stereocenters. The lowest BCUT2D eigenvalue weighted by Crippen LogP contribution is -2.16. The van der Waals surface area contributed by atoms with Crippen LogP contribution in [0.2, 0.25) is 0 Å². The van der Waals surface area contributed by atoms with E-state index in [-0.39, 0.29) is 5.97 Å². The molecular formula is C14H19N3O2. The maximum absolute atomic E-state index is 12.0. The Morgan fingerprint density at radius 3 is 2.63 bits per heavy atom. The number of aromatic nitrogens is 3. The molecular weight excluding hydrogens is 242 g/mol. The summed E-state index contributed by atoms with van der Waals surface area (Å²) in [5, 5.41) is 8.12. The zero-order valence-electron chi connectivity index (χ0n) is 11.4. The summed E-state index contributed by atoms with van der Waals surface area (Å²) in [5.74, 6) is 4.19. The second-order valence-electron chi connectivity index (χ2n) is 6.14. The Kier molecular flexibility index (Phi) is 2.29. The van der Waals surface area contributed by atoms with Crippen molar-refractivity contribution in [2.45, 2.75) is 39.2 Å². The van der Waals surface area contributed by atoms with Gasteiger partial charge in [-0.3, -0.25) is 0 Å². The molecule has 3 saturated carbocycles. The van der Waals surface area contributed by atoms with Gasteiger partial charge in [-0.25, -0.2) is 4.79 Å². The second kappa shape index (κ2) is 3.81. The molecule has 5 nitrogen and oxygen atoms in total. The molecule has 0 amide bonds. The van der Waals surface area contributed by atoms with Crippen LogP contribution in [0.15, 0.2) is 0 Å². The highest BCUT2D eigenvalue weighted by atomic mass is 16.5. The zero-order valence-corrected chi connectivity index (χ0v) is 11.4. The van der Waals surface area contributed by atoms with Crippen molar-refractivity contribution in [3.8, 4) is 0 Å². The Balaban J connectivity index is 1.66. The third-order valence-electron chi connectivity index (χ3n) is 5.32. The van der Waals surface area contributed by atoms with Crippen LogP contribution in [0.1, 0.15) is 48.7 Å². The fourth-order valence-corrected chi connectivity index (χ4v) is 4.69. The Morgan fingerprint density at radius 2 is 2.00 bits per heavy atom. The summed E-state index contributed by atoms with van der Waals surface area (Å²) < 4.78 is 7.14. The number of esters is 1. The fourth-order valence-electron chi connectivity index (χ4n) is 4.69. The molecule has 102 valence electrons. The molecule has 3 fully saturated rings. The predicted octanol–water partition coefficient (Wildman–Crippen LogP) is 1.98. The molecule has 0 N–H and O–H groups in total. The van der Waals surface area contributed by atoms with Gasteiger partial charge in [-0.15, -0.1) is 10.2 Å². The molecule has 2 bridgehead atoms. The van der Waals surface area contributed by atoms with Gasteiger partial charge in [-0.1, -0.05) is 0 Å². The Morgan fingerprint density at radius 1 is 1.32 bits per heavy atom. The lowest BCUT2D eigenvalue weighted by molar-refractivity contribution is 0.0504. The van der Waals surface area contributed by atoms with Crippen LogP contribution >= 0.6 is 0 Å². The van der Waals surface area contributed by atoms with Crippen molar-refractivity contribution in [1.82, 2.24) is 14.8 Å². The van der Waals surface area contributed by atoms with Crippen LogP contribution in [-0.2, 0) is 4.74 Å². The minimum Gasteiger partial charge on any atom is -0.460 e. The average molecular weight is 261 g/mol. The number of aryl methyl sites for hydroxylation is 1. The normalized spacial score (nSPS) is 38.3. The molecule has 0 radical (unpaired) electrons. The van der Waals surface area contributed by atoms with Crippen LogP contribution in [-0.4, -0.2) is 27.3 Å². The maximum atomic E-state index is 12.0. The van der Waals surface area contributed by atoms with E-state index in [2.05, 4.69) is 14.8 Å². The van der Waals surface area contributed by atoms with Crippen LogP contribution in [0.25, 0.3) is 0 Å². The van der Waals surface area contributed by atoms with Gasteiger partial charge in [0.2, 0.25) is 5.82 Å². The van der Waals surface area contributed by atoms with E-state index in [1.165, 1.54) is 19.3 Å². The first-order valence-corrected chi connectivity index (χ1v) is 7.31. The van der Waals surface area contributed by atoms with Crippen LogP contribution < -0.4 is 0 Å². The van der Waals surface area contributed by atoms with E-state index >= 15 is 0 Å². The quantitative estimate of drug-likeness (QED) is 0.781. The first kappa shape index (κ1) is 11.4. The molecule has 4 atom stereocenters. The number of ether oxygens (including phenoxy) is 1. The molecule has 0 aromatic carbocycles. The average Bonchev–Trinajstić information content (AvgIpc) is 2.77. The van der Waals surface area contributed by atoms with E-state index < -0.39 is 0 Å². The molecule has 4 rings (SSSR count). The summed E-state index contributed by atoms with van der Waals surface area (Å²) in [7, 11) is 0. The number of rotatable bonds is 3. The van der Waals surface area contributed by atoms with Gasteiger partial charge in [0.15, 0.2) is 0 Å². The lowest BCUT2D eigenvalue weighted by atomic mass is 10.0. The molecule has 5 heteroatoms. The van der Waals surface area contributed by atoms with E-state index in [4.69, 9.17) is 4.74 Å². The molecule has 0 spiro atoms. The van der Waals surface area contributed by atoms with Crippen LogP contribution in [0.3, 0.4) is 0 Å². The SMILES string of the molecule is CCOC(=O)c1nnc(C)n1C1C2C3CCC(C3)C21. The van der Waals surface area contributed by atoms with E-state index in [0.717, 1.165) is 29.5 Å². The highest BCUT2D eigenvalue weighted by Crippen LogP contribution is 2.71. The van der Waals surface area contributed by atoms with Crippen LogP contribution in [0, 0.1) is 30.6 Å². The van der Waals surface area contributed by atoms with Gasteiger partial charge in [-0.2, -0.15) is 0 Å². The summed E-state index contributed by atoms with van der Waals surface area (Å²) in [6.07, 6.45) is 4.15. The molecule has 3 aliphatic rings. The number of hydrogen-bond donors (Lipinski definition) is 0. The summed E-state index contributed by atoms with van der Waals surface area (Å²) in [6.45, 7) is 4.14. The highest BCUT2D eigenvalue weighted by molar-refractivity contribution is 5.85. The first-order chi connectivity index (χ1) is 9.22. The van der Waals surface area contributed by atoms with Crippen molar-refractivity contribution in [3.05, 3.63) is 11.6 Å². The summed E-state index contributed by atoms with van der Waals surface area (Å²) in [5.41, 5.74) is 0. The molecule has 1 heterocycles. The van der Waals surface area contributed by atoms with Crippen molar-refractivity contribution in [2.75, 3.05) is 6.61 Å². The number of hydrogen-bond acceptors (Lipinski definition) is 4. The van der Waals surface area contributed by atoms with E-state index in [1.54, 1.807) is 0 Å². The minimum absolute atomic E-state index is 0.333. The zero-order chi connectivity index (χ0) is 13.1. The fraction of sp³-hybridized carbons (Fsp3) is 0.786. The van der Waals surface area contributed by atoms with Crippen molar-refractivity contribution >= 4 is 5.97 Å².